The standard InChI is InChI=1S/C23H33FN4OS/c1-2-25-22(29)26-18-6-9-23(24,10-7-18)11-12-27-13-15-28(16-14-27)20-4-3-5-21-19(20)8-17-30-21/h3-5,8,17-18H,2,6-7,9-16H2,1H3,(H2,25,26,29)/t18-,23+. The van der Waals surface area contributed by atoms with Gasteiger partial charge in [-0.3, -0.25) is 4.90 Å². The van der Waals surface area contributed by atoms with Gasteiger partial charge in [-0.05, 0) is 62.6 Å². The number of amides is 2. The highest BCUT2D eigenvalue weighted by atomic mass is 32.1. The summed E-state index contributed by atoms with van der Waals surface area (Å²) < 4.78 is 16.6. The summed E-state index contributed by atoms with van der Waals surface area (Å²) in [6, 6.07) is 8.72. The Hall–Kier alpha value is -1.86. The molecular weight excluding hydrogens is 399 g/mol. The zero-order valence-corrected chi connectivity index (χ0v) is 18.6. The number of piperazine rings is 1. The first-order valence-electron chi connectivity index (χ1n) is 11.2. The van der Waals surface area contributed by atoms with E-state index in [0.717, 1.165) is 45.6 Å². The second kappa shape index (κ2) is 9.52. The van der Waals surface area contributed by atoms with E-state index in [4.69, 9.17) is 0 Å². The van der Waals surface area contributed by atoms with Crippen molar-refractivity contribution in [3.05, 3.63) is 29.6 Å². The van der Waals surface area contributed by atoms with E-state index in [9.17, 15) is 4.79 Å². The van der Waals surface area contributed by atoms with E-state index < -0.39 is 5.67 Å². The van der Waals surface area contributed by atoms with Crippen LogP contribution in [0, 0.1) is 0 Å². The van der Waals surface area contributed by atoms with Crippen molar-refractivity contribution >= 4 is 33.1 Å². The summed E-state index contributed by atoms with van der Waals surface area (Å²) in [6.45, 7) is 7.29. The third-order valence-corrected chi connectivity index (χ3v) is 7.50. The molecule has 7 heteroatoms. The Morgan fingerprint density at radius 3 is 2.70 bits per heavy atom. The minimum absolute atomic E-state index is 0.101. The molecule has 2 aliphatic rings. The van der Waals surface area contributed by atoms with E-state index in [0.29, 0.717) is 25.8 Å². The fraction of sp³-hybridized carbons (Fsp3) is 0.609. The van der Waals surface area contributed by atoms with Crippen LogP contribution < -0.4 is 15.5 Å². The predicted octanol–water partition coefficient (Wildman–Crippen LogP) is 4.38. The third kappa shape index (κ3) is 5.06. The molecule has 2 fully saturated rings. The molecule has 1 aromatic carbocycles. The number of nitrogens with zero attached hydrogens (tertiary/aromatic N) is 2. The SMILES string of the molecule is CCNC(=O)N[C@H]1CC[C@](F)(CCN2CCN(c3cccc4sccc34)CC2)CC1. The van der Waals surface area contributed by atoms with Crippen LogP contribution in [0.4, 0.5) is 14.9 Å². The number of carbonyl (C=O) groups is 1. The van der Waals surface area contributed by atoms with Crippen LogP contribution >= 0.6 is 11.3 Å². The smallest absolute Gasteiger partial charge is 0.314 e. The Bertz CT molecular complexity index is 841. The number of hydrogen-bond donors (Lipinski definition) is 2. The minimum Gasteiger partial charge on any atom is -0.368 e. The Balaban J connectivity index is 1.21. The van der Waals surface area contributed by atoms with Crippen molar-refractivity contribution in [1.29, 1.82) is 0 Å². The summed E-state index contributed by atoms with van der Waals surface area (Å²) >= 11 is 1.79. The Morgan fingerprint density at radius 2 is 1.97 bits per heavy atom. The number of carbonyl (C=O) groups excluding carboxylic acids is 1. The van der Waals surface area contributed by atoms with Gasteiger partial charge in [0, 0.05) is 61.1 Å². The van der Waals surface area contributed by atoms with Gasteiger partial charge in [0.1, 0.15) is 5.67 Å². The summed E-state index contributed by atoms with van der Waals surface area (Å²) in [5.41, 5.74) is 0.243. The summed E-state index contributed by atoms with van der Waals surface area (Å²) in [7, 11) is 0. The summed E-state index contributed by atoms with van der Waals surface area (Å²) in [5.74, 6) is 0. The van der Waals surface area contributed by atoms with Gasteiger partial charge in [-0.2, -0.15) is 0 Å². The Morgan fingerprint density at radius 1 is 1.20 bits per heavy atom. The Labute approximate surface area is 182 Å². The van der Waals surface area contributed by atoms with Crippen molar-refractivity contribution in [2.45, 2.75) is 50.7 Å². The number of rotatable bonds is 6. The highest BCUT2D eigenvalue weighted by Crippen LogP contribution is 2.35. The molecule has 30 heavy (non-hydrogen) atoms. The lowest BCUT2D eigenvalue weighted by atomic mass is 9.81. The lowest BCUT2D eigenvalue weighted by molar-refractivity contribution is 0.0688. The number of fused-ring (bicyclic) bond motifs is 1. The van der Waals surface area contributed by atoms with Crippen molar-refractivity contribution in [1.82, 2.24) is 15.5 Å². The van der Waals surface area contributed by atoms with E-state index in [2.05, 4.69) is 50.1 Å². The number of anilines is 1. The average molecular weight is 433 g/mol. The molecule has 1 aliphatic carbocycles. The lowest BCUT2D eigenvalue weighted by Gasteiger charge is -2.39. The van der Waals surface area contributed by atoms with Gasteiger partial charge >= 0.3 is 6.03 Å². The van der Waals surface area contributed by atoms with Crippen molar-refractivity contribution in [2.24, 2.45) is 0 Å². The molecule has 0 bridgehead atoms. The maximum atomic E-state index is 15.3. The van der Waals surface area contributed by atoms with E-state index in [-0.39, 0.29) is 12.1 Å². The first-order chi connectivity index (χ1) is 14.6. The molecule has 4 rings (SSSR count). The second-order valence-corrected chi connectivity index (χ2v) is 9.56. The van der Waals surface area contributed by atoms with Gasteiger partial charge in [-0.15, -0.1) is 11.3 Å². The first-order valence-corrected chi connectivity index (χ1v) is 12.1. The predicted molar refractivity (Wildman–Crippen MR) is 123 cm³/mol. The van der Waals surface area contributed by atoms with Crippen molar-refractivity contribution in [3.63, 3.8) is 0 Å². The van der Waals surface area contributed by atoms with Crippen molar-refractivity contribution in [2.75, 3.05) is 44.2 Å². The molecule has 2 heterocycles. The van der Waals surface area contributed by atoms with Crippen LogP contribution in [0.15, 0.2) is 29.6 Å². The van der Waals surface area contributed by atoms with Gasteiger partial charge in [0.05, 0.1) is 0 Å². The number of urea groups is 1. The minimum atomic E-state index is -1.08. The monoisotopic (exact) mass is 432 g/mol. The number of benzene rings is 1. The van der Waals surface area contributed by atoms with Crippen LogP contribution in [0.2, 0.25) is 0 Å². The van der Waals surface area contributed by atoms with Crippen LogP contribution in [0.25, 0.3) is 10.1 Å². The van der Waals surface area contributed by atoms with Crippen LogP contribution in [-0.4, -0.2) is 61.9 Å². The van der Waals surface area contributed by atoms with Crippen LogP contribution in [0.5, 0.6) is 0 Å². The van der Waals surface area contributed by atoms with E-state index in [1.165, 1.54) is 15.8 Å². The molecule has 1 saturated heterocycles. The number of nitrogens with one attached hydrogen (secondary N) is 2. The topological polar surface area (TPSA) is 47.6 Å². The lowest BCUT2D eigenvalue weighted by Crippen LogP contribution is -2.49. The maximum absolute atomic E-state index is 15.3. The fourth-order valence-corrected chi connectivity index (χ4v) is 5.56. The molecule has 0 atom stereocenters. The molecule has 164 valence electrons. The molecule has 2 amide bonds. The summed E-state index contributed by atoms with van der Waals surface area (Å²) in [4.78, 5) is 16.5. The molecular formula is C23H33FN4OS. The molecule has 2 N–H and O–H groups in total. The number of alkyl halides is 1. The van der Waals surface area contributed by atoms with Crippen molar-refractivity contribution < 1.29 is 9.18 Å². The summed E-state index contributed by atoms with van der Waals surface area (Å²) in [6.07, 6.45) is 3.15. The normalized spacial score (nSPS) is 25.4. The highest BCUT2D eigenvalue weighted by molar-refractivity contribution is 7.17. The van der Waals surface area contributed by atoms with Gasteiger partial charge in [0.25, 0.3) is 0 Å². The van der Waals surface area contributed by atoms with Crippen LogP contribution in [0.1, 0.15) is 39.0 Å². The molecule has 0 spiro atoms. The number of halogens is 1. The van der Waals surface area contributed by atoms with Gasteiger partial charge in [0.2, 0.25) is 0 Å². The fourth-order valence-electron chi connectivity index (χ4n) is 4.75. The molecule has 1 aromatic heterocycles. The van der Waals surface area contributed by atoms with E-state index >= 15 is 4.39 Å². The molecule has 1 saturated carbocycles. The third-order valence-electron chi connectivity index (χ3n) is 6.62. The van der Waals surface area contributed by atoms with Crippen LogP contribution in [-0.2, 0) is 0 Å². The van der Waals surface area contributed by atoms with Crippen LogP contribution in [0.3, 0.4) is 0 Å². The number of thiophene rings is 1. The quantitative estimate of drug-likeness (QED) is 0.712. The summed E-state index contributed by atoms with van der Waals surface area (Å²) in [5, 5.41) is 9.22. The Kier molecular flexibility index (Phi) is 6.78. The molecule has 5 nitrogen and oxygen atoms in total. The van der Waals surface area contributed by atoms with Gasteiger partial charge < -0.3 is 15.5 Å². The van der Waals surface area contributed by atoms with Gasteiger partial charge in [0.15, 0.2) is 0 Å². The molecule has 0 unspecified atom stereocenters. The van der Waals surface area contributed by atoms with E-state index in [1.54, 1.807) is 11.3 Å². The first kappa shape index (κ1) is 21.4. The number of hydrogen-bond acceptors (Lipinski definition) is 4. The highest BCUT2D eigenvalue weighted by Gasteiger charge is 2.36. The van der Waals surface area contributed by atoms with Crippen molar-refractivity contribution in [3.8, 4) is 0 Å². The molecule has 1 aliphatic heterocycles. The maximum Gasteiger partial charge on any atom is 0.314 e. The average Bonchev–Trinajstić information content (AvgIpc) is 3.24. The zero-order chi connectivity index (χ0) is 21.0. The second-order valence-electron chi connectivity index (χ2n) is 8.62. The van der Waals surface area contributed by atoms with E-state index in [1.807, 2.05) is 6.92 Å². The largest absolute Gasteiger partial charge is 0.368 e. The van der Waals surface area contributed by atoms with Gasteiger partial charge in [-0.1, -0.05) is 6.07 Å². The molecule has 0 radical (unpaired) electrons. The zero-order valence-electron chi connectivity index (χ0n) is 17.8. The molecule has 2 aromatic rings. The van der Waals surface area contributed by atoms with Gasteiger partial charge in [-0.25, -0.2) is 9.18 Å².